The molecule has 1 aliphatic carbocycles. The molecule has 110 valence electrons. The van der Waals surface area contributed by atoms with Gasteiger partial charge in [0.1, 0.15) is 6.54 Å². The van der Waals surface area contributed by atoms with Crippen molar-refractivity contribution in [2.45, 2.75) is 32.2 Å². The number of rotatable bonds is 3. The zero-order valence-corrected chi connectivity index (χ0v) is 11.9. The number of carboxylic acid groups (broad SMARTS) is 1. The van der Waals surface area contributed by atoms with Crippen molar-refractivity contribution in [2.24, 2.45) is 0 Å². The Labute approximate surface area is 122 Å². The van der Waals surface area contributed by atoms with E-state index in [1.165, 1.54) is 12.7 Å². The molecule has 0 amide bonds. The van der Waals surface area contributed by atoms with Gasteiger partial charge in [-0.15, -0.1) is 0 Å². The van der Waals surface area contributed by atoms with Crippen LogP contribution in [-0.2, 0) is 28.9 Å². The third kappa shape index (κ3) is 2.18. The maximum atomic E-state index is 11.7. The van der Waals surface area contributed by atoms with Crippen molar-refractivity contribution in [3.05, 3.63) is 35.0 Å². The van der Waals surface area contributed by atoms with Crippen LogP contribution in [0.1, 0.15) is 34.5 Å². The van der Waals surface area contributed by atoms with E-state index in [0.29, 0.717) is 5.52 Å². The van der Waals surface area contributed by atoms with Crippen LogP contribution in [0.15, 0.2) is 18.2 Å². The van der Waals surface area contributed by atoms with Crippen LogP contribution >= 0.6 is 0 Å². The molecule has 1 aromatic carbocycles. The average molecular weight is 287 g/mol. The number of aromatic carboxylic acids is 1. The van der Waals surface area contributed by atoms with Gasteiger partial charge in [0.2, 0.25) is 0 Å². The lowest BCUT2D eigenvalue weighted by Gasteiger charge is -2.15. The number of esters is 1. The van der Waals surface area contributed by atoms with E-state index < -0.39 is 5.97 Å². The zero-order chi connectivity index (χ0) is 15.0. The predicted molar refractivity (Wildman–Crippen MR) is 77.6 cm³/mol. The first-order chi connectivity index (χ1) is 10.1. The van der Waals surface area contributed by atoms with Crippen molar-refractivity contribution in [1.29, 1.82) is 0 Å². The van der Waals surface area contributed by atoms with Gasteiger partial charge in [-0.25, -0.2) is 4.79 Å². The van der Waals surface area contributed by atoms with Gasteiger partial charge in [0, 0.05) is 11.1 Å². The van der Waals surface area contributed by atoms with Gasteiger partial charge in [-0.05, 0) is 37.3 Å². The molecule has 0 radical (unpaired) electrons. The number of aryl methyl sites for hydroxylation is 1. The summed E-state index contributed by atoms with van der Waals surface area (Å²) in [4.78, 5) is 23.2. The molecule has 21 heavy (non-hydrogen) atoms. The average Bonchev–Trinajstić information content (AvgIpc) is 2.81. The standard InChI is InChI=1S/C16H17NO4/c1-21-14(18)9-17-13-8-3-2-5-10(13)11-6-4-7-12(15(11)17)16(19)20/h4,6-7H,2-3,5,8-9H2,1H3,(H,19,20). The SMILES string of the molecule is COC(=O)Cn1c2c(c3cccc(C(=O)O)c31)CCCC2. The zero-order valence-electron chi connectivity index (χ0n) is 11.9. The smallest absolute Gasteiger partial charge is 0.337 e. The van der Waals surface area contributed by atoms with Crippen molar-refractivity contribution >= 4 is 22.8 Å². The van der Waals surface area contributed by atoms with Crippen LogP contribution < -0.4 is 0 Å². The molecule has 3 rings (SSSR count). The lowest BCUT2D eigenvalue weighted by molar-refractivity contribution is -0.141. The first-order valence-corrected chi connectivity index (χ1v) is 7.06. The summed E-state index contributed by atoms with van der Waals surface area (Å²) >= 11 is 0. The molecule has 0 unspecified atom stereocenters. The van der Waals surface area contributed by atoms with Gasteiger partial charge in [0.25, 0.3) is 0 Å². The van der Waals surface area contributed by atoms with E-state index >= 15 is 0 Å². The number of benzene rings is 1. The number of aromatic nitrogens is 1. The molecule has 1 aliphatic rings. The Morgan fingerprint density at radius 1 is 1.29 bits per heavy atom. The van der Waals surface area contributed by atoms with E-state index in [9.17, 15) is 14.7 Å². The fourth-order valence-electron chi connectivity index (χ4n) is 3.23. The Balaban J connectivity index is 2.31. The molecule has 1 aromatic heterocycles. The molecule has 1 heterocycles. The van der Waals surface area contributed by atoms with Gasteiger partial charge in [-0.1, -0.05) is 12.1 Å². The molecule has 2 aromatic rings. The molecule has 0 saturated carbocycles. The Morgan fingerprint density at radius 3 is 2.76 bits per heavy atom. The molecule has 5 heteroatoms. The summed E-state index contributed by atoms with van der Waals surface area (Å²) in [5.41, 5.74) is 3.15. The summed E-state index contributed by atoms with van der Waals surface area (Å²) in [6.07, 6.45) is 3.97. The van der Waals surface area contributed by atoms with Crippen LogP contribution in [0.25, 0.3) is 10.9 Å². The molecule has 5 nitrogen and oxygen atoms in total. The highest BCUT2D eigenvalue weighted by atomic mass is 16.5. The van der Waals surface area contributed by atoms with Crippen molar-refractivity contribution in [2.75, 3.05) is 7.11 Å². The number of hydrogen-bond acceptors (Lipinski definition) is 3. The lowest BCUT2D eigenvalue weighted by Crippen LogP contribution is -2.16. The maximum Gasteiger partial charge on any atom is 0.337 e. The normalized spacial score (nSPS) is 14.0. The number of ether oxygens (including phenoxy) is 1. The van der Waals surface area contributed by atoms with E-state index in [4.69, 9.17) is 4.74 Å². The first kappa shape index (κ1) is 13.7. The highest BCUT2D eigenvalue weighted by Gasteiger charge is 2.24. The first-order valence-electron chi connectivity index (χ1n) is 7.06. The molecular weight excluding hydrogens is 270 g/mol. The van der Waals surface area contributed by atoms with Gasteiger partial charge < -0.3 is 14.4 Å². The number of fused-ring (bicyclic) bond motifs is 3. The number of carboxylic acids is 1. The summed E-state index contributed by atoms with van der Waals surface area (Å²) in [5, 5.41) is 10.4. The van der Waals surface area contributed by atoms with Crippen molar-refractivity contribution in [1.82, 2.24) is 4.57 Å². The van der Waals surface area contributed by atoms with Gasteiger partial charge in [0.15, 0.2) is 0 Å². The van der Waals surface area contributed by atoms with Crippen LogP contribution in [-0.4, -0.2) is 28.7 Å². The topological polar surface area (TPSA) is 68.5 Å². The predicted octanol–water partition coefficient (Wildman–Crippen LogP) is 2.39. The largest absolute Gasteiger partial charge is 0.478 e. The van der Waals surface area contributed by atoms with Crippen LogP contribution in [0, 0.1) is 0 Å². The summed E-state index contributed by atoms with van der Waals surface area (Å²) in [6.45, 7) is 0.0621. The van der Waals surface area contributed by atoms with Gasteiger partial charge >= 0.3 is 11.9 Å². The molecule has 0 fully saturated rings. The summed E-state index contributed by atoms with van der Waals surface area (Å²) in [7, 11) is 1.35. The minimum atomic E-state index is -0.971. The molecule has 0 aliphatic heterocycles. The monoisotopic (exact) mass is 287 g/mol. The maximum absolute atomic E-state index is 11.7. The Morgan fingerprint density at radius 2 is 2.05 bits per heavy atom. The van der Waals surface area contributed by atoms with Crippen LogP contribution in [0.5, 0.6) is 0 Å². The second-order valence-electron chi connectivity index (χ2n) is 5.30. The van der Waals surface area contributed by atoms with Crippen molar-refractivity contribution < 1.29 is 19.4 Å². The van der Waals surface area contributed by atoms with E-state index in [2.05, 4.69) is 0 Å². The molecule has 0 saturated heterocycles. The van der Waals surface area contributed by atoms with Gasteiger partial charge in [0.05, 0.1) is 18.2 Å². The van der Waals surface area contributed by atoms with Crippen molar-refractivity contribution in [3.8, 4) is 0 Å². The summed E-state index contributed by atoms with van der Waals surface area (Å²) in [6, 6.07) is 5.30. The number of para-hydroxylation sites is 1. The molecule has 1 N–H and O–H groups in total. The fraction of sp³-hybridized carbons (Fsp3) is 0.375. The molecule has 0 atom stereocenters. The van der Waals surface area contributed by atoms with Crippen LogP contribution in [0.3, 0.4) is 0 Å². The third-order valence-corrected chi connectivity index (χ3v) is 4.14. The van der Waals surface area contributed by atoms with Crippen LogP contribution in [0.4, 0.5) is 0 Å². The Kier molecular flexibility index (Phi) is 3.41. The van der Waals surface area contributed by atoms with Crippen molar-refractivity contribution in [3.63, 3.8) is 0 Å². The van der Waals surface area contributed by atoms with Gasteiger partial charge in [-0.3, -0.25) is 4.79 Å². The van der Waals surface area contributed by atoms with E-state index in [-0.39, 0.29) is 18.1 Å². The number of carbonyl (C=O) groups excluding carboxylic acids is 1. The molecule has 0 spiro atoms. The molecular formula is C16H17NO4. The third-order valence-electron chi connectivity index (χ3n) is 4.14. The lowest BCUT2D eigenvalue weighted by atomic mass is 9.95. The quantitative estimate of drug-likeness (QED) is 0.880. The van der Waals surface area contributed by atoms with Crippen LogP contribution in [0.2, 0.25) is 0 Å². The number of methoxy groups -OCH3 is 1. The molecule has 0 bridgehead atoms. The summed E-state index contributed by atoms with van der Waals surface area (Å²) in [5.74, 6) is -1.33. The number of carbonyl (C=O) groups is 2. The number of nitrogens with zero attached hydrogens (tertiary/aromatic N) is 1. The van der Waals surface area contributed by atoms with E-state index in [0.717, 1.165) is 36.8 Å². The second-order valence-corrected chi connectivity index (χ2v) is 5.30. The highest BCUT2D eigenvalue weighted by molar-refractivity contribution is 6.04. The minimum Gasteiger partial charge on any atom is -0.478 e. The van der Waals surface area contributed by atoms with E-state index in [1.54, 1.807) is 12.1 Å². The Hall–Kier alpha value is -2.30. The fourth-order valence-corrected chi connectivity index (χ4v) is 3.23. The number of hydrogen-bond donors (Lipinski definition) is 1. The highest BCUT2D eigenvalue weighted by Crippen LogP contribution is 2.34. The van der Waals surface area contributed by atoms with E-state index in [1.807, 2.05) is 10.6 Å². The minimum absolute atomic E-state index is 0.0621. The van der Waals surface area contributed by atoms with Gasteiger partial charge in [-0.2, -0.15) is 0 Å². The summed E-state index contributed by atoms with van der Waals surface area (Å²) < 4.78 is 6.59. The second kappa shape index (κ2) is 5.24. The Bertz CT molecular complexity index is 729.